The Kier molecular flexibility index (Phi) is 2.44. The predicted molar refractivity (Wildman–Crippen MR) is 55.7 cm³/mol. The van der Waals surface area contributed by atoms with Crippen LogP contribution >= 0.6 is 0 Å². The van der Waals surface area contributed by atoms with Crippen molar-refractivity contribution < 1.29 is 4.52 Å². The molecule has 1 aliphatic heterocycles. The summed E-state index contributed by atoms with van der Waals surface area (Å²) in [5.41, 5.74) is 0. The fourth-order valence-corrected chi connectivity index (χ4v) is 2.31. The van der Waals surface area contributed by atoms with Gasteiger partial charge in [-0.2, -0.15) is 4.98 Å². The topological polar surface area (TPSA) is 51.0 Å². The molecule has 0 bridgehead atoms. The molecule has 2 aliphatic rings. The normalized spacial score (nSPS) is 24.0. The van der Waals surface area contributed by atoms with Gasteiger partial charge in [0.2, 0.25) is 5.89 Å². The Morgan fingerprint density at radius 1 is 1.07 bits per heavy atom. The number of aromatic nitrogens is 2. The van der Waals surface area contributed by atoms with Crippen LogP contribution in [0.4, 0.5) is 0 Å². The minimum Gasteiger partial charge on any atom is -0.339 e. The molecule has 0 unspecified atom stereocenters. The Balaban J connectivity index is 1.71. The van der Waals surface area contributed by atoms with E-state index in [2.05, 4.69) is 15.5 Å². The number of rotatable bonds is 2. The Labute approximate surface area is 89.4 Å². The number of nitrogens with one attached hydrogen (secondary N) is 1. The van der Waals surface area contributed by atoms with E-state index < -0.39 is 0 Å². The van der Waals surface area contributed by atoms with Crippen molar-refractivity contribution in [3.05, 3.63) is 11.7 Å². The number of hydrogen-bond donors (Lipinski definition) is 1. The summed E-state index contributed by atoms with van der Waals surface area (Å²) in [5, 5.41) is 7.48. The standard InChI is InChI=1S/C11H17N3O/c1-2-9(3-1)11-13-10(14-15-11)8-4-6-12-7-5-8/h8-9,12H,1-7H2. The van der Waals surface area contributed by atoms with Crippen molar-refractivity contribution in [1.82, 2.24) is 15.5 Å². The van der Waals surface area contributed by atoms with Gasteiger partial charge in [-0.15, -0.1) is 0 Å². The summed E-state index contributed by atoms with van der Waals surface area (Å²) in [5.74, 6) is 2.91. The molecular weight excluding hydrogens is 190 g/mol. The lowest BCUT2D eigenvalue weighted by molar-refractivity contribution is 0.289. The van der Waals surface area contributed by atoms with Crippen LogP contribution in [-0.2, 0) is 0 Å². The lowest BCUT2D eigenvalue weighted by Gasteiger charge is -2.21. The van der Waals surface area contributed by atoms with Gasteiger partial charge in [0.05, 0.1) is 0 Å². The van der Waals surface area contributed by atoms with Crippen molar-refractivity contribution >= 4 is 0 Å². The molecule has 1 aliphatic carbocycles. The summed E-state index contributed by atoms with van der Waals surface area (Å²) in [6.45, 7) is 2.16. The van der Waals surface area contributed by atoms with Gasteiger partial charge in [0, 0.05) is 11.8 Å². The van der Waals surface area contributed by atoms with Crippen molar-refractivity contribution in [1.29, 1.82) is 0 Å². The molecule has 0 aromatic carbocycles. The molecule has 0 amide bonds. The SMILES string of the molecule is C1CC(c2nc(C3CCNCC3)no2)C1. The smallest absolute Gasteiger partial charge is 0.229 e. The van der Waals surface area contributed by atoms with E-state index in [1.54, 1.807) is 0 Å². The maximum atomic E-state index is 5.34. The fraction of sp³-hybridized carbons (Fsp3) is 0.818. The van der Waals surface area contributed by atoms with Crippen LogP contribution in [0.2, 0.25) is 0 Å². The quantitative estimate of drug-likeness (QED) is 0.803. The Hall–Kier alpha value is -0.900. The molecule has 3 rings (SSSR count). The fourth-order valence-electron chi connectivity index (χ4n) is 2.31. The van der Waals surface area contributed by atoms with E-state index in [1.807, 2.05) is 0 Å². The molecule has 2 fully saturated rings. The lowest BCUT2D eigenvalue weighted by atomic mass is 9.85. The van der Waals surface area contributed by atoms with Crippen molar-refractivity contribution in [3.63, 3.8) is 0 Å². The van der Waals surface area contributed by atoms with Crippen molar-refractivity contribution in [3.8, 4) is 0 Å². The van der Waals surface area contributed by atoms with E-state index in [4.69, 9.17) is 4.52 Å². The van der Waals surface area contributed by atoms with E-state index >= 15 is 0 Å². The second-order valence-electron chi connectivity index (χ2n) is 4.64. The Morgan fingerprint density at radius 3 is 2.53 bits per heavy atom. The van der Waals surface area contributed by atoms with Gasteiger partial charge in [0.1, 0.15) is 0 Å². The van der Waals surface area contributed by atoms with Gasteiger partial charge in [-0.1, -0.05) is 11.6 Å². The molecule has 4 nitrogen and oxygen atoms in total. The molecule has 82 valence electrons. The van der Waals surface area contributed by atoms with Crippen molar-refractivity contribution in [2.24, 2.45) is 0 Å². The van der Waals surface area contributed by atoms with Gasteiger partial charge >= 0.3 is 0 Å². The third-order valence-corrected chi connectivity index (χ3v) is 3.62. The van der Waals surface area contributed by atoms with Crippen LogP contribution in [0, 0.1) is 0 Å². The molecule has 1 saturated heterocycles. The highest BCUT2D eigenvalue weighted by Crippen LogP contribution is 2.36. The van der Waals surface area contributed by atoms with Crippen LogP contribution in [-0.4, -0.2) is 23.2 Å². The first-order chi connectivity index (χ1) is 7.43. The third-order valence-electron chi connectivity index (χ3n) is 3.62. The zero-order valence-corrected chi connectivity index (χ0v) is 8.91. The minimum atomic E-state index is 0.517. The summed E-state index contributed by atoms with van der Waals surface area (Å²) in [7, 11) is 0. The molecule has 1 aromatic heterocycles. The Morgan fingerprint density at radius 2 is 1.87 bits per heavy atom. The number of hydrogen-bond acceptors (Lipinski definition) is 4. The van der Waals surface area contributed by atoms with Crippen LogP contribution in [0.5, 0.6) is 0 Å². The second-order valence-corrected chi connectivity index (χ2v) is 4.64. The highest BCUT2D eigenvalue weighted by molar-refractivity contribution is 5.02. The first-order valence-corrected chi connectivity index (χ1v) is 5.97. The van der Waals surface area contributed by atoms with E-state index in [-0.39, 0.29) is 0 Å². The maximum Gasteiger partial charge on any atom is 0.229 e. The van der Waals surface area contributed by atoms with Gasteiger partial charge in [-0.25, -0.2) is 0 Å². The number of nitrogens with zero attached hydrogens (tertiary/aromatic N) is 2. The molecule has 1 aromatic rings. The van der Waals surface area contributed by atoms with Crippen LogP contribution < -0.4 is 5.32 Å². The van der Waals surface area contributed by atoms with Crippen molar-refractivity contribution in [2.75, 3.05) is 13.1 Å². The summed E-state index contributed by atoms with van der Waals surface area (Å²) < 4.78 is 5.34. The minimum absolute atomic E-state index is 0.517. The molecule has 2 heterocycles. The van der Waals surface area contributed by atoms with Gasteiger partial charge in [0.15, 0.2) is 5.82 Å². The highest BCUT2D eigenvalue weighted by Gasteiger charge is 2.27. The second kappa shape index (κ2) is 3.93. The molecule has 4 heteroatoms. The van der Waals surface area contributed by atoms with Crippen LogP contribution in [0.25, 0.3) is 0 Å². The van der Waals surface area contributed by atoms with E-state index in [9.17, 15) is 0 Å². The van der Waals surface area contributed by atoms with Crippen LogP contribution in [0.15, 0.2) is 4.52 Å². The number of piperidine rings is 1. The molecule has 0 atom stereocenters. The predicted octanol–water partition coefficient (Wildman–Crippen LogP) is 1.80. The van der Waals surface area contributed by atoms with Crippen LogP contribution in [0.1, 0.15) is 55.7 Å². The average molecular weight is 207 g/mol. The largest absolute Gasteiger partial charge is 0.339 e. The highest BCUT2D eigenvalue weighted by atomic mass is 16.5. The summed E-state index contributed by atoms with van der Waals surface area (Å²) in [6.07, 6.45) is 6.06. The molecule has 0 radical (unpaired) electrons. The van der Waals surface area contributed by atoms with E-state index in [0.29, 0.717) is 11.8 Å². The maximum absolute atomic E-state index is 5.34. The average Bonchev–Trinajstić information content (AvgIpc) is 2.66. The van der Waals surface area contributed by atoms with Gasteiger partial charge in [-0.05, 0) is 38.8 Å². The molecule has 15 heavy (non-hydrogen) atoms. The van der Waals surface area contributed by atoms with Crippen molar-refractivity contribution in [2.45, 2.75) is 43.9 Å². The van der Waals surface area contributed by atoms with Crippen LogP contribution in [0.3, 0.4) is 0 Å². The molecular formula is C11H17N3O. The van der Waals surface area contributed by atoms with Gasteiger partial charge < -0.3 is 9.84 Å². The molecule has 0 spiro atoms. The monoisotopic (exact) mass is 207 g/mol. The molecule has 1 saturated carbocycles. The Bertz CT molecular complexity index is 326. The first-order valence-electron chi connectivity index (χ1n) is 5.97. The van der Waals surface area contributed by atoms with Gasteiger partial charge in [0.25, 0.3) is 0 Å². The lowest BCUT2D eigenvalue weighted by Crippen LogP contribution is -2.27. The summed E-state index contributed by atoms with van der Waals surface area (Å²) in [4.78, 5) is 4.55. The zero-order valence-electron chi connectivity index (χ0n) is 8.91. The van der Waals surface area contributed by atoms with Gasteiger partial charge in [-0.3, -0.25) is 0 Å². The summed E-state index contributed by atoms with van der Waals surface area (Å²) >= 11 is 0. The zero-order chi connectivity index (χ0) is 10.1. The first kappa shape index (κ1) is 9.33. The van der Waals surface area contributed by atoms with E-state index in [1.165, 1.54) is 19.3 Å². The third kappa shape index (κ3) is 1.78. The summed E-state index contributed by atoms with van der Waals surface area (Å²) in [6, 6.07) is 0. The van der Waals surface area contributed by atoms with E-state index in [0.717, 1.165) is 37.6 Å². The molecule has 1 N–H and O–H groups in total.